The SMILES string of the molecule is CC(=O)N1CCN(CC(=O)Nc2ccnc(-c3nc(-c4ccc(C)o4)cs3)n2)CC1. The first-order valence-corrected chi connectivity index (χ1v) is 10.5. The molecule has 0 aliphatic carbocycles. The number of carbonyl (C=O) groups is 2. The number of furan rings is 1. The van der Waals surface area contributed by atoms with Crippen LogP contribution in [0.3, 0.4) is 0 Å². The Morgan fingerprint density at radius 1 is 1.17 bits per heavy atom. The molecule has 0 aromatic carbocycles. The van der Waals surface area contributed by atoms with Crippen LogP contribution in [0.5, 0.6) is 0 Å². The highest BCUT2D eigenvalue weighted by Crippen LogP contribution is 2.28. The molecule has 9 nitrogen and oxygen atoms in total. The van der Waals surface area contributed by atoms with Crippen molar-refractivity contribution in [1.29, 1.82) is 0 Å². The Bertz CT molecular complexity index is 1050. The summed E-state index contributed by atoms with van der Waals surface area (Å²) in [5, 5.41) is 5.36. The zero-order valence-electron chi connectivity index (χ0n) is 16.8. The molecule has 1 aliphatic rings. The van der Waals surface area contributed by atoms with Crippen LogP contribution in [0, 0.1) is 6.92 Å². The Hall–Kier alpha value is -3.11. The Morgan fingerprint density at radius 2 is 1.97 bits per heavy atom. The molecule has 3 aromatic rings. The molecule has 0 unspecified atom stereocenters. The number of carbonyl (C=O) groups excluding carboxylic acids is 2. The van der Waals surface area contributed by atoms with Crippen LogP contribution in [0.25, 0.3) is 22.3 Å². The van der Waals surface area contributed by atoms with Crippen molar-refractivity contribution in [3.05, 3.63) is 35.5 Å². The summed E-state index contributed by atoms with van der Waals surface area (Å²) in [4.78, 5) is 40.9. The number of amides is 2. The van der Waals surface area contributed by atoms with Crippen LogP contribution >= 0.6 is 11.3 Å². The van der Waals surface area contributed by atoms with Gasteiger partial charge in [-0.2, -0.15) is 0 Å². The van der Waals surface area contributed by atoms with Gasteiger partial charge in [0.05, 0.1) is 6.54 Å². The Balaban J connectivity index is 1.37. The molecule has 2 amide bonds. The molecular formula is C20H22N6O3S. The van der Waals surface area contributed by atoms with Gasteiger partial charge < -0.3 is 14.6 Å². The third-order valence-corrected chi connectivity index (χ3v) is 5.63. The van der Waals surface area contributed by atoms with Gasteiger partial charge in [0.2, 0.25) is 11.8 Å². The molecule has 30 heavy (non-hydrogen) atoms. The van der Waals surface area contributed by atoms with Crippen molar-refractivity contribution in [1.82, 2.24) is 24.8 Å². The first kappa shape index (κ1) is 20.2. The second-order valence-electron chi connectivity index (χ2n) is 7.04. The highest BCUT2D eigenvalue weighted by atomic mass is 32.1. The van der Waals surface area contributed by atoms with Gasteiger partial charge in [0.15, 0.2) is 16.6 Å². The van der Waals surface area contributed by atoms with Gasteiger partial charge in [-0.3, -0.25) is 14.5 Å². The third-order valence-electron chi connectivity index (χ3n) is 4.80. The summed E-state index contributed by atoms with van der Waals surface area (Å²) in [6.45, 7) is 6.34. The predicted molar refractivity (Wildman–Crippen MR) is 113 cm³/mol. The molecule has 0 saturated carbocycles. The standard InChI is InChI=1S/C20H22N6O3S/c1-13-3-4-16(29-13)15-12-30-20(22-15)19-21-6-5-17(24-19)23-18(28)11-25-7-9-26(10-8-25)14(2)27/h3-6,12H,7-11H2,1-2H3,(H,21,23,24,28). The molecule has 1 fully saturated rings. The Morgan fingerprint density at radius 3 is 2.67 bits per heavy atom. The first-order valence-electron chi connectivity index (χ1n) is 9.61. The lowest BCUT2D eigenvalue weighted by atomic mass is 10.3. The summed E-state index contributed by atoms with van der Waals surface area (Å²) in [7, 11) is 0. The van der Waals surface area contributed by atoms with Gasteiger partial charge in [0, 0.05) is 44.7 Å². The predicted octanol–water partition coefficient (Wildman–Crippen LogP) is 2.27. The van der Waals surface area contributed by atoms with Crippen molar-refractivity contribution in [2.24, 2.45) is 0 Å². The van der Waals surface area contributed by atoms with Crippen molar-refractivity contribution in [3.63, 3.8) is 0 Å². The van der Waals surface area contributed by atoms with E-state index in [1.165, 1.54) is 11.3 Å². The first-order chi connectivity index (χ1) is 14.5. The van der Waals surface area contributed by atoms with E-state index < -0.39 is 0 Å². The van der Waals surface area contributed by atoms with Crippen molar-refractivity contribution in [2.75, 3.05) is 38.0 Å². The normalized spacial score (nSPS) is 14.7. The zero-order valence-corrected chi connectivity index (χ0v) is 17.6. The van der Waals surface area contributed by atoms with Gasteiger partial charge in [-0.25, -0.2) is 15.0 Å². The minimum Gasteiger partial charge on any atom is -0.460 e. The molecule has 1 N–H and O–H groups in total. The minimum atomic E-state index is -0.151. The van der Waals surface area contributed by atoms with E-state index in [2.05, 4.69) is 20.3 Å². The lowest BCUT2D eigenvalue weighted by Gasteiger charge is -2.33. The van der Waals surface area contributed by atoms with Gasteiger partial charge in [0.1, 0.15) is 17.3 Å². The average molecular weight is 427 g/mol. The Labute approximate surface area is 177 Å². The summed E-state index contributed by atoms with van der Waals surface area (Å²) < 4.78 is 5.61. The van der Waals surface area contributed by atoms with E-state index >= 15 is 0 Å². The topological polar surface area (TPSA) is 104 Å². The monoisotopic (exact) mass is 426 g/mol. The van der Waals surface area contributed by atoms with E-state index in [-0.39, 0.29) is 18.4 Å². The molecule has 10 heteroatoms. The second kappa shape index (κ2) is 8.72. The number of aryl methyl sites for hydroxylation is 1. The van der Waals surface area contributed by atoms with Gasteiger partial charge in [-0.05, 0) is 25.1 Å². The summed E-state index contributed by atoms with van der Waals surface area (Å²) in [5.74, 6) is 2.31. The van der Waals surface area contributed by atoms with Crippen LogP contribution in [0.15, 0.2) is 34.2 Å². The second-order valence-corrected chi connectivity index (χ2v) is 7.90. The van der Waals surface area contributed by atoms with Crippen LogP contribution < -0.4 is 5.32 Å². The number of hydrogen-bond donors (Lipinski definition) is 1. The maximum atomic E-state index is 12.4. The quantitative estimate of drug-likeness (QED) is 0.667. The largest absolute Gasteiger partial charge is 0.460 e. The van der Waals surface area contributed by atoms with Crippen molar-refractivity contribution >= 4 is 29.0 Å². The van der Waals surface area contributed by atoms with E-state index in [0.29, 0.717) is 48.6 Å². The number of nitrogens with zero attached hydrogens (tertiary/aromatic N) is 5. The summed E-state index contributed by atoms with van der Waals surface area (Å²) in [6.07, 6.45) is 1.60. The summed E-state index contributed by atoms with van der Waals surface area (Å²) in [5.41, 5.74) is 0.728. The fourth-order valence-electron chi connectivity index (χ4n) is 3.20. The minimum absolute atomic E-state index is 0.0696. The summed E-state index contributed by atoms with van der Waals surface area (Å²) in [6, 6.07) is 5.42. The van der Waals surface area contributed by atoms with Crippen LogP contribution in [0.2, 0.25) is 0 Å². The number of hydrogen-bond acceptors (Lipinski definition) is 8. The molecule has 3 aromatic heterocycles. The molecule has 0 radical (unpaired) electrons. The number of piperazine rings is 1. The van der Waals surface area contributed by atoms with Crippen LogP contribution in [0.1, 0.15) is 12.7 Å². The third kappa shape index (κ3) is 4.71. The molecule has 1 aliphatic heterocycles. The molecule has 0 atom stereocenters. The van der Waals surface area contributed by atoms with E-state index in [1.807, 2.05) is 29.3 Å². The summed E-state index contributed by atoms with van der Waals surface area (Å²) >= 11 is 1.42. The molecule has 4 rings (SSSR count). The average Bonchev–Trinajstić information content (AvgIpc) is 3.37. The van der Waals surface area contributed by atoms with Gasteiger partial charge >= 0.3 is 0 Å². The fourth-order valence-corrected chi connectivity index (χ4v) is 3.95. The van der Waals surface area contributed by atoms with E-state index in [4.69, 9.17) is 4.42 Å². The number of thiazole rings is 1. The van der Waals surface area contributed by atoms with Gasteiger partial charge in [0.25, 0.3) is 0 Å². The van der Waals surface area contributed by atoms with Gasteiger partial charge in [-0.15, -0.1) is 11.3 Å². The highest BCUT2D eigenvalue weighted by molar-refractivity contribution is 7.13. The maximum absolute atomic E-state index is 12.4. The number of anilines is 1. The molecule has 156 valence electrons. The Kier molecular flexibility index (Phi) is 5.86. The molecule has 1 saturated heterocycles. The van der Waals surface area contributed by atoms with Gasteiger partial charge in [-0.1, -0.05) is 0 Å². The van der Waals surface area contributed by atoms with Crippen molar-refractivity contribution in [2.45, 2.75) is 13.8 Å². The molecular weight excluding hydrogens is 404 g/mol. The smallest absolute Gasteiger partial charge is 0.239 e. The van der Waals surface area contributed by atoms with E-state index in [1.54, 1.807) is 24.1 Å². The van der Waals surface area contributed by atoms with E-state index in [9.17, 15) is 9.59 Å². The van der Waals surface area contributed by atoms with Crippen molar-refractivity contribution in [3.8, 4) is 22.3 Å². The lowest BCUT2D eigenvalue weighted by Crippen LogP contribution is -2.49. The highest BCUT2D eigenvalue weighted by Gasteiger charge is 2.20. The molecule has 0 spiro atoms. The molecule has 4 heterocycles. The number of rotatable bonds is 5. The molecule has 0 bridgehead atoms. The maximum Gasteiger partial charge on any atom is 0.239 e. The number of aromatic nitrogens is 3. The van der Waals surface area contributed by atoms with Crippen molar-refractivity contribution < 1.29 is 14.0 Å². The van der Waals surface area contributed by atoms with E-state index in [0.717, 1.165) is 11.5 Å². The fraction of sp³-hybridized carbons (Fsp3) is 0.350. The van der Waals surface area contributed by atoms with Crippen LogP contribution in [0.4, 0.5) is 5.82 Å². The lowest BCUT2D eigenvalue weighted by molar-refractivity contribution is -0.130. The van der Waals surface area contributed by atoms with Crippen LogP contribution in [-0.4, -0.2) is 69.3 Å². The zero-order chi connectivity index (χ0) is 21.1. The number of nitrogens with one attached hydrogen (secondary N) is 1. The van der Waals surface area contributed by atoms with Crippen LogP contribution in [-0.2, 0) is 9.59 Å².